The van der Waals surface area contributed by atoms with Crippen LogP contribution < -0.4 is 5.32 Å². The normalized spacial score (nSPS) is 23.3. The lowest BCUT2D eigenvalue weighted by atomic mass is 9.97. The summed E-state index contributed by atoms with van der Waals surface area (Å²) in [6.07, 6.45) is -4.11. The molecule has 2 heterocycles. The van der Waals surface area contributed by atoms with Crippen molar-refractivity contribution < 1.29 is 42.9 Å². The zero-order chi connectivity index (χ0) is 26.4. The lowest BCUT2D eigenvalue weighted by Gasteiger charge is -2.44. The molecule has 36 heavy (non-hydrogen) atoms. The van der Waals surface area contributed by atoms with Gasteiger partial charge in [0.15, 0.2) is 29.7 Å². The molecule has 1 aromatic heterocycles. The molecule has 0 saturated carbocycles. The Labute approximate surface area is 212 Å². The van der Waals surface area contributed by atoms with Gasteiger partial charge in [0, 0.05) is 33.9 Å². The first-order valence-corrected chi connectivity index (χ1v) is 11.9. The molecular formula is C24H28N2O9S. The number of benzene rings is 1. The summed E-state index contributed by atoms with van der Waals surface area (Å²) in [5.41, 5.74) is 2.09. The molecule has 1 fully saturated rings. The molecule has 0 aliphatic carbocycles. The first-order valence-electron chi connectivity index (χ1n) is 11.1. The quantitative estimate of drug-likeness (QED) is 0.406. The number of nitrogens with one attached hydrogen (secondary N) is 1. The summed E-state index contributed by atoms with van der Waals surface area (Å²) < 4.78 is 27.4. The monoisotopic (exact) mass is 520 g/mol. The summed E-state index contributed by atoms with van der Waals surface area (Å²) >= 11 is 1.33. The number of aromatic nitrogens is 1. The number of hydrogen-bond donors (Lipinski definition) is 1. The second kappa shape index (κ2) is 12.0. The molecule has 194 valence electrons. The first-order chi connectivity index (χ1) is 17.0. The fourth-order valence-corrected chi connectivity index (χ4v) is 4.51. The third-order valence-electron chi connectivity index (χ3n) is 5.10. The zero-order valence-corrected chi connectivity index (χ0v) is 21.3. The molecule has 0 unspecified atom stereocenters. The Morgan fingerprint density at radius 2 is 1.47 bits per heavy atom. The van der Waals surface area contributed by atoms with Crippen LogP contribution in [0.25, 0.3) is 10.4 Å². The van der Waals surface area contributed by atoms with Gasteiger partial charge in [0.05, 0.1) is 4.88 Å². The van der Waals surface area contributed by atoms with Gasteiger partial charge in [-0.3, -0.25) is 19.2 Å². The largest absolute Gasteiger partial charge is 0.463 e. The number of hydrogen-bond acceptors (Lipinski definition) is 12. The molecule has 0 radical (unpaired) electrons. The number of nitrogens with zero attached hydrogens (tertiary/aromatic N) is 1. The molecule has 1 N–H and O–H groups in total. The molecule has 2 aromatic rings. The number of carbonyl (C=O) groups excluding carboxylic acids is 4. The number of thiazole rings is 1. The summed E-state index contributed by atoms with van der Waals surface area (Å²) in [5.74, 6) is -2.65. The van der Waals surface area contributed by atoms with Gasteiger partial charge in [-0.2, -0.15) is 0 Å². The number of ether oxygens (including phenoxy) is 5. The van der Waals surface area contributed by atoms with Crippen LogP contribution in [-0.4, -0.2) is 66.1 Å². The Hall–Kier alpha value is -3.51. The van der Waals surface area contributed by atoms with Crippen LogP contribution in [0.4, 0.5) is 5.13 Å². The fourth-order valence-electron chi connectivity index (χ4n) is 3.66. The van der Waals surface area contributed by atoms with Crippen molar-refractivity contribution in [1.82, 2.24) is 4.98 Å². The zero-order valence-electron chi connectivity index (χ0n) is 20.5. The Kier molecular flexibility index (Phi) is 8.99. The summed E-state index contributed by atoms with van der Waals surface area (Å²) in [6.45, 7) is 6.43. The third-order valence-corrected chi connectivity index (χ3v) is 6.08. The molecule has 0 spiro atoms. The molecule has 11 nitrogen and oxygen atoms in total. The first kappa shape index (κ1) is 27.1. The second-order valence-electron chi connectivity index (χ2n) is 8.16. The van der Waals surface area contributed by atoms with E-state index in [1.165, 1.54) is 39.0 Å². The maximum atomic E-state index is 11.9. The fraction of sp³-hybridized carbons (Fsp3) is 0.458. The molecule has 3 rings (SSSR count). The van der Waals surface area contributed by atoms with E-state index in [1.54, 1.807) is 6.20 Å². The molecule has 0 amide bonds. The van der Waals surface area contributed by atoms with Crippen LogP contribution >= 0.6 is 11.3 Å². The van der Waals surface area contributed by atoms with E-state index in [4.69, 9.17) is 23.7 Å². The Balaban J connectivity index is 1.94. The third kappa shape index (κ3) is 7.25. The molecular weight excluding hydrogens is 492 g/mol. The van der Waals surface area contributed by atoms with Gasteiger partial charge in [-0.15, -0.1) is 0 Å². The van der Waals surface area contributed by atoms with E-state index in [-0.39, 0.29) is 6.61 Å². The van der Waals surface area contributed by atoms with Crippen molar-refractivity contribution in [3.63, 3.8) is 0 Å². The molecule has 1 aliphatic heterocycles. The number of rotatable bonds is 8. The van der Waals surface area contributed by atoms with Gasteiger partial charge in [-0.1, -0.05) is 41.2 Å². The Morgan fingerprint density at radius 3 is 2.06 bits per heavy atom. The minimum atomic E-state index is -1.25. The van der Waals surface area contributed by atoms with E-state index in [0.717, 1.165) is 16.0 Å². The lowest BCUT2D eigenvalue weighted by Crippen LogP contribution is -2.64. The smallest absolute Gasteiger partial charge is 0.303 e. The lowest BCUT2D eigenvalue weighted by molar-refractivity contribution is -0.247. The Bertz CT molecular complexity index is 1100. The van der Waals surface area contributed by atoms with E-state index in [2.05, 4.69) is 10.3 Å². The molecule has 1 aliphatic rings. The highest BCUT2D eigenvalue weighted by Gasteiger charge is 2.52. The van der Waals surface area contributed by atoms with Crippen molar-refractivity contribution in [1.29, 1.82) is 0 Å². The van der Waals surface area contributed by atoms with E-state index in [1.807, 2.05) is 31.2 Å². The van der Waals surface area contributed by atoms with Gasteiger partial charge < -0.3 is 29.0 Å². The van der Waals surface area contributed by atoms with Crippen molar-refractivity contribution in [2.24, 2.45) is 0 Å². The minimum absolute atomic E-state index is 0.303. The summed E-state index contributed by atoms with van der Waals surface area (Å²) in [6, 6.07) is 7.92. The Morgan fingerprint density at radius 1 is 0.889 bits per heavy atom. The van der Waals surface area contributed by atoms with Crippen LogP contribution in [0, 0.1) is 6.92 Å². The number of anilines is 1. The average Bonchev–Trinajstić information content (AvgIpc) is 3.24. The van der Waals surface area contributed by atoms with Crippen LogP contribution in [0.5, 0.6) is 0 Å². The van der Waals surface area contributed by atoms with E-state index < -0.39 is 54.5 Å². The molecule has 12 heteroatoms. The highest BCUT2D eigenvalue weighted by atomic mass is 32.1. The van der Waals surface area contributed by atoms with E-state index in [0.29, 0.717) is 5.13 Å². The van der Waals surface area contributed by atoms with Gasteiger partial charge in [0.1, 0.15) is 12.7 Å². The highest BCUT2D eigenvalue weighted by Crippen LogP contribution is 2.33. The van der Waals surface area contributed by atoms with Crippen LogP contribution in [0.1, 0.15) is 33.3 Å². The predicted octanol–water partition coefficient (Wildman–Crippen LogP) is 2.61. The van der Waals surface area contributed by atoms with Gasteiger partial charge in [-0.05, 0) is 12.5 Å². The summed E-state index contributed by atoms with van der Waals surface area (Å²) in [5, 5.41) is 3.50. The standard InChI is InChI=1S/C24H28N2O9S/c1-12-6-8-17(9-7-12)19-10-25-24(36-19)26-23-22(34-16(5)30)21(33-15(4)29)20(32-14(3)28)18(35-23)11-31-13(2)27/h6-10,18,20-23H,11H2,1-5H3,(H,25,26)/t18-,20+,21+,22+,23+/m0/s1. The van der Waals surface area contributed by atoms with Crippen molar-refractivity contribution in [2.45, 2.75) is 65.3 Å². The van der Waals surface area contributed by atoms with Gasteiger partial charge >= 0.3 is 23.9 Å². The van der Waals surface area contributed by atoms with Crippen LogP contribution in [0.3, 0.4) is 0 Å². The second-order valence-corrected chi connectivity index (χ2v) is 9.19. The van der Waals surface area contributed by atoms with Crippen molar-refractivity contribution in [2.75, 3.05) is 11.9 Å². The average molecular weight is 521 g/mol. The van der Waals surface area contributed by atoms with Crippen molar-refractivity contribution >= 4 is 40.3 Å². The topological polar surface area (TPSA) is 139 Å². The number of esters is 4. The number of carbonyl (C=O) groups is 4. The number of aryl methyl sites for hydroxylation is 1. The van der Waals surface area contributed by atoms with Crippen LogP contribution in [-0.2, 0) is 42.9 Å². The van der Waals surface area contributed by atoms with Crippen molar-refractivity contribution in [3.05, 3.63) is 36.0 Å². The van der Waals surface area contributed by atoms with Gasteiger partial charge in [0.25, 0.3) is 0 Å². The maximum absolute atomic E-state index is 11.9. The summed E-state index contributed by atoms with van der Waals surface area (Å²) in [7, 11) is 0. The van der Waals surface area contributed by atoms with Gasteiger partial charge in [-0.25, -0.2) is 4.98 Å². The highest BCUT2D eigenvalue weighted by molar-refractivity contribution is 7.18. The SMILES string of the molecule is CC(=O)OC[C@@H]1O[C@@H](Nc2ncc(-c3ccc(C)cc3)s2)[C@H](OC(C)=O)[C@H](OC(C)=O)[C@@H]1OC(C)=O. The molecule has 0 bridgehead atoms. The molecule has 1 aromatic carbocycles. The van der Waals surface area contributed by atoms with Crippen LogP contribution in [0.15, 0.2) is 30.5 Å². The van der Waals surface area contributed by atoms with Crippen molar-refractivity contribution in [3.8, 4) is 10.4 Å². The molecule has 1 saturated heterocycles. The van der Waals surface area contributed by atoms with E-state index >= 15 is 0 Å². The molecule has 5 atom stereocenters. The van der Waals surface area contributed by atoms with E-state index in [9.17, 15) is 19.2 Å². The van der Waals surface area contributed by atoms with Crippen LogP contribution in [0.2, 0.25) is 0 Å². The van der Waals surface area contributed by atoms with Gasteiger partial charge in [0.2, 0.25) is 0 Å². The minimum Gasteiger partial charge on any atom is -0.463 e. The maximum Gasteiger partial charge on any atom is 0.303 e. The predicted molar refractivity (Wildman–Crippen MR) is 128 cm³/mol. The summed E-state index contributed by atoms with van der Waals surface area (Å²) in [4.78, 5) is 52.4.